The molecule has 1 aromatic carbocycles. The molecule has 0 radical (unpaired) electrons. The first-order valence-electron chi connectivity index (χ1n) is 7.46. The second kappa shape index (κ2) is 8.54. The van der Waals surface area contributed by atoms with Crippen molar-refractivity contribution in [3.63, 3.8) is 0 Å². The third-order valence-electron chi connectivity index (χ3n) is 3.19. The number of rotatable bonds is 7. The van der Waals surface area contributed by atoms with Gasteiger partial charge in [0.15, 0.2) is 0 Å². The maximum absolute atomic E-state index is 12.1. The van der Waals surface area contributed by atoms with Crippen molar-refractivity contribution >= 4 is 33.2 Å². The number of hydrogen-bond acceptors (Lipinski definition) is 3. The zero-order valence-corrected chi connectivity index (χ0v) is 14.2. The molecule has 0 bridgehead atoms. The number of aromatic nitrogens is 1. The van der Waals surface area contributed by atoms with Crippen LogP contribution in [-0.2, 0) is 0 Å². The predicted octanol–water partition coefficient (Wildman–Crippen LogP) is 4.70. The van der Waals surface area contributed by atoms with Crippen molar-refractivity contribution in [1.29, 1.82) is 0 Å². The summed E-state index contributed by atoms with van der Waals surface area (Å²) in [5.41, 5.74) is 2.08. The van der Waals surface area contributed by atoms with Crippen molar-refractivity contribution in [1.82, 2.24) is 4.98 Å². The molecule has 0 saturated heterocycles. The van der Waals surface area contributed by atoms with Gasteiger partial charge in [0.05, 0.1) is 11.9 Å². The topological polar surface area (TPSA) is 54.0 Å². The zero-order valence-electron chi connectivity index (χ0n) is 12.6. The van der Waals surface area contributed by atoms with Crippen molar-refractivity contribution < 1.29 is 4.79 Å². The Hall–Kier alpha value is -1.88. The Balaban J connectivity index is 1.90. The van der Waals surface area contributed by atoms with E-state index in [1.165, 1.54) is 12.8 Å². The van der Waals surface area contributed by atoms with Crippen LogP contribution in [0.3, 0.4) is 0 Å². The summed E-state index contributed by atoms with van der Waals surface area (Å²) in [6.45, 7) is 3.11. The fourth-order valence-corrected chi connectivity index (χ4v) is 2.40. The number of nitrogens with zero attached hydrogens (tertiary/aromatic N) is 1. The molecule has 0 aliphatic heterocycles. The number of amides is 1. The van der Waals surface area contributed by atoms with Gasteiger partial charge in [0, 0.05) is 16.7 Å². The molecule has 0 aliphatic carbocycles. The lowest BCUT2D eigenvalue weighted by molar-refractivity contribution is 0.102. The fraction of sp³-hybridized carbons (Fsp3) is 0.294. The van der Waals surface area contributed by atoms with Crippen LogP contribution in [0.1, 0.15) is 36.7 Å². The number of halogens is 1. The SMILES string of the molecule is CCCCCNc1ccc(C(=O)Nc2cccc(Br)c2)nc1. The highest BCUT2D eigenvalue weighted by molar-refractivity contribution is 9.10. The van der Waals surface area contributed by atoms with Gasteiger partial charge in [-0.1, -0.05) is 41.8 Å². The van der Waals surface area contributed by atoms with Gasteiger partial charge in [-0.25, -0.2) is 4.98 Å². The van der Waals surface area contributed by atoms with Crippen molar-refractivity contribution in [2.75, 3.05) is 17.2 Å². The molecule has 2 aromatic rings. The number of nitrogens with one attached hydrogen (secondary N) is 2. The Bertz CT molecular complexity index is 614. The van der Waals surface area contributed by atoms with E-state index in [0.717, 1.165) is 28.8 Å². The number of hydrogen-bond donors (Lipinski definition) is 2. The number of unbranched alkanes of at least 4 members (excludes halogenated alkanes) is 2. The predicted molar refractivity (Wildman–Crippen MR) is 94.3 cm³/mol. The van der Waals surface area contributed by atoms with Gasteiger partial charge in [-0.05, 0) is 36.8 Å². The van der Waals surface area contributed by atoms with Gasteiger partial charge >= 0.3 is 0 Å². The summed E-state index contributed by atoms with van der Waals surface area (Å²) in [4.78, 5) is 16.3. The second-order valence-electron chi connectivity index (χ2n) is 5.03. The molecule has 116 valence electrons. The molecule has 1 aromatic heterocycles. The minimum atomic E-state index is -0.212. The molecule has 5 heteroatoms. The first-order valence-corrected chi connectivity index (χ1v) is 8.25. The number of anilines is 2. The second-order valence-corrected chi connectivity index (χ2v) is 5.95. The van der Waals surface area contributed by atoms with E-state index in [9.17, 15) is 4.79 Å². The summed E-state index contributed by atoms with van der Waals surface area (Å²) in [5.74, 6) is -0.212. The van der Waals surface area contributed by atoms with E-state index < -0.39 is 0 Å². The van der Waals surface area contributed by atoms with Gasteiger partial charge in [0.2, 0.25) is 0 Å². The number of carbonyl (C=O) groups is 1. The Morgan fingerprint density at radius 1 is 1.18 bits per heavy atom. The van der Waals surface area contributed by atoms with Gasteiger partial charge in [-0.2, -0.15) is 0 Å². The van der Waals surface area contributed by atoms with E-state index >= 15 is 0 Å². The van der Waals surface area contributed by atoms with Gasteiger partial charge in [0.1, 0.15) is 5.69 Å². The fourth-order valence-electron chi connectivity index (χ4n) is 2.00. The highest BCUT2D eigenvalue weighted by Gasteiger charge is 2.07. The minimum Gasteiger partial charge on any atom is -0.384 e. The summed E-state index contributed by atoms with van der Waals surface area (Å²) in [5, 5.41) is 6.13. The molecule has 2 rings (SSSR count). The number of pyridine rings is 1. The molecular weight excluding hydrogens is 342 g/mol. The highest BCUT2D eigenvalue weighted by atomic mass is 79.9. The van der Waals surface area contributed by atoms with Crippen LogP contribution in [0.2, 0.25) is 0 Å². The van der Waals surface area contributed by atoms with Gasteiger partial charge in [-0.15, -0.1) is 0 Å². The first-order chi connectivity index (χ1) is 10.7. The molecule has 1 amide bonds. The molecule has 4 nitrogen and oxygen atoms in total. The molecule has 0 fully saturated rings. The van der Waals surface area contributed by atoms with Crippen LogP contribution in [0.25, 0.3) is 0 Å². The summed E-state index contributed by atoms with van der Waals surface area (Å²) in [6.07, 6.45) is 5.26. The largest absolute Gasteiger partial charge is 0.384 e. The lowest BCUT2D eigenvalue weighted by Crippen LogP contribution is -2.13. The Kier molecular flexibility index (Phi) is 6.40. The first kappa shape index (κ1) is 16.5. The Morgan fingerprint density at radius 2 is 2.05 bits per heavy atom. The van der Waals surface area contributed by atoms with Crippen LogP contribution in [-0.4, -0.2) is 17.4 Å². The maximum atomic E-state index is 12.1. The molecule has 0 saturated carbocycles. The molecule has 0 aliphatic rings. The molecule has 0 spiro atoms. The molecule has 0 unspecified atom stereocenters. The van der Waals surface area contributed by atoms with Gasteiger partial charge in [0.25, 0.3) is 5.91 Å². The molecular formula is C17H20BrN3O. The van der Waals surface area contributed by atoms with Crippen molar-refractivity contribution in [2.45, 2.75) is 26.2 Å². The Morgan fingerprint density at radius 3 is 2.73 bits per heavy atom. The van der Waals surface area contributed by atoms with E-state index in [2.05, 4.69) is 38.5 Å². The lowest BCUT2D eigenvalue weighted by Gasteiger charge is -2.07. The van der Waals surface area contributed by atoms with Crippen molar-refractivity contribution in [3.8, 4) is 0 Å². The molecule has 0 atom stereocenters. The van der Waals surface area contributed by atoms with Gasteiger partial charge < -0.3 is 10.6 Å². The summed E-state index contributed by atoms with van der Waals surface area (Å²) in [6, 6.07) is 11.1. The quantitative estimate of drug-likeness (QED) is 0.702. The highest BCUT2D eigenvalue weighted by Crippen LogP contribution is 2.16. The zero-order chi connectivity index (χ0) is 15.8. The minimum absolute atomic E-state index is 0.212. The smallest absolute Gasteiger partial charge is 0.274 e. The Labute approximate surface area is 139 Å². The van der Waals surface area contributed by atoms with Gasteiger partial charge in [-0.3, -0.25) is 4.79 Å². The van der Waals surface area contributed by atoms with Crippen LogP contribution < -0.4 is 10.6 Å². The average Bonchev–Trinajstić information content (AvgIpc) is 2.52. The van der Waals surface area contributed by atoms with E-state index in [-0.39, 0.29) is 5.91 Å². The van der Waals surface area contributed by atoms with E-state index in [0.29, 0.717) is 5.69 Å². The lowest BCUT2D eigenvalue weighted by atomic mass is 10.2. The molecule has 22 heavy (non-hydrogen) atoms. The maximum Gasteiger partial charge on any atom is 0.274 e. The van der Waals surface area contributed by atoms with E-state index in [1.54, 1.807) is 12.3 Å². The summed E-state index contributed by atoms with van der Waals surface area (Å²) < 4.78 is 0.921. The van der Waals surface area contributed by atoms with Crippen molar-refractivity contribution in [2.24, 2.45) is 0 Å². The van der Waals surface area contributed by atoms with E-state index in [1.807, 2.05) is 30.3 Å². The van der Waals surface area contributed by atoms with Crippen LogP contribution in [0.5, 0.6) is 0 Å². The number of carbonyl (C=O) groups excluding carboxylic acids is 1. The molecule has 1 heterocycles. The van der Waals surface area contributed by atoms with Crippen LogP contribution in [0.15, 0.2) is 47.1 Å². The normalized spacial score (nSPS) is 10.3. The summed E-state index contributed by atoms with van der Waals surface area (Å²) >= 11 is 3.38. The molecule has 2 N–H and O–H groups in total. The van der Waals surface area contributed by atoms with Crippen LogP contribution in [0.4, 0.5) is 11.4 Å². The van der Waals surface area contributed by atoms with Crippen molar-refractivity contribution in [3.05, 3.63) is 52.8 Å². The standard InChI is InChI=1S/C17H20BrN3O/c1-2-3-4-10-19-15-8-9-16(20-12-15)17(22)21-14-7-5-6-13(18)11-14/h5-9,11-12,19H,2-4,10H2,1H3,(H,21,22). The van der Waals surface area contributed by atoms with Crippen LogP contribution in [0, 0.1) is 0 Å². The monoisotopic (exact) mass is 361 g/mol. The average molecular weight is 362 g/mol. The van der Waals surface area contributed by atoms with E-state index in [4.69, 9.17) is 0 Å². The number of benzene rings is 1. The third-order valence-corrected chi connectivity index (χ3v) is 3.68. The van der Waals surface area contributed by atoms with Crippen LogP contribution >= 0.6 is 15.9 Å². The third kappa shape index (κ3) is 5.15. The summed E-state index contributed by atoms with van der Waals surface area (Å²) in [7, 11) is 0.